The van der Waals surface area contributed by atoms with E-state index < -0.39 is 5.60 Å². The van der Waals surface area contributed by atoms with E-state index in [1.54, 1.807) is 6.92 Å². The van der Waals surface area contributed by atoms with Gasteiger partial charge in [-0.25, -0.2) is 4.98 Å². The molecule has 0 aliphatic carbocycles. The molecule has 0 fully saturated rings. The predicted octanol–water partition coefficient (Wildman–Crippen LogP) is 3.64. The van der Waals surface area contributed by atoms with E-state index in [4.69, 9.17) is 4.74 Å². The fourth-order valence-electron chi connectivity index (χ4n) is 2.13. The van der Waals surface area contributed by atoms with Gasteiger partial charge in [0.25, 0.3) is 0 Å². The van der Waals surface area contributed by atoms with Gasteiger partial charge in [-0.2, -0.15) is 0 Å². The molecule has 2 aromatic rings. The van der Waals surface area contributed by atoms with Crippen LogP contribution in [0.2, 0.25) is 0 Å². The summed E-state index contributed by atoms with van der Waals surface area (Å²) in [5, 5.41) is 0.549. The highest BCUT2D eigenvalue weighted by Gasteiger charge is 2.36. The number of rotatable bonds is 1. The Bertz CT molecular complexity index is 643. The maximum absolute atomic E-state index is 11.5. The summed E-state index contributed by atoms with van der Waals surface area (Å²) in [7, 11) is 0. The molecule has 0 saturated heterocycles. The minimum atomic E-state index is -0.435. The Morgan fingerprint density at radius 3 is 2.78 bits per heavy atom. The van der Waals surface area contributed by atoms with Crippen LogP contribution in [0.4, 0.5) is 0 Å². The van der Waals surface area contributed by atoms with Gasteiger partial charge in [0.1, 0.15) is 11.4 Å². The second-order valence-corrected chi connectivity index (χ2v) is 5.86. The molecule has 4 heteroatoms. The topological polar surface area (TPSA) is 39.2 Å². The number of hydrogen-bond acceptors (Lipinski definition) is 4. The first-order valence-corrected chi connectivity index (χ1v) is 6.61. The van der Waals surface area contributed by atoms with Crippen LogP contribution in [0.15, 0.2) is 24.3 Å². The molecule has 3 rings (SSSR count). The van der Waals surface area contributed by atoms with Gasteiger partial charge >= 0.3 is 0 Å². The van der Waals surface area contributed by atoms with Crippen molar-refractivity contribution in [1.29, 1.82) is 0 Å². The van der Waals surface area contributed by atoms with Crippen molar-refractivity contribution in [2.24, 2.45) is 0 Å². The molecule has 0 radical (unpaired) electrons. The van der Waals surface area contributed by atoms with Gasteiger partial charge in [-0.15, -0.1) is 11.3 Å². The van der Waals surface area contributed by atoms with Gasteiger partial charge in [0.05, 0.1) is 10.6 Å². The number of ketones is 1. The molecule has 18 heavy (non-hydrogen) atoms. The highest BCUT2D eigenvalue weighted by Crippen LogP contribution is 2.46. The van der Waals surface area contributed by atoms with Crippen molar-refractivity contribution in [3.05, 3.63) is 34.2 Å². The molecular formula is C14H13NO2S. The molecule has 3 nitrogen and oxygen atoms in total. The van der Waals surface area contributed by atoms with Crippen LogP contribution in [0.3, 0.4) is 0 Å². The van der Waals surface area contributed by atoms with E-state index in [0.717, 1.165) is 21.9 Å². The largest absolute Gasteiger partial charge is 0.482 e. The van der Waals surface area contributed by atoms with Crippen molar-refractivity contribution in [1.82, 2.24) is 4.98 Å². The Hall–Kier alpha value is -1.68. The summed E-state index contributed by atoms with van der Waals surface area (Å²) in [6, 6.07) is 7.81. The van der Waals surface area contributed by atoms with E-state index >= 15 is 0 Å². The monoisotopic (exact) mass is 259 g/mol. The third kappa shape index (κ3) is 1.56. The number of para-hydroxylation sites is 1. The van der Waals surface area contributed by atoms with Crippen molar-refractivity contribution < 1.29 is 9.53 Å². The van der Waals surface area contributed by atoms with Crippen molar-refractivity contribution in [3.63, 3.8) is 0 Å². The average Bonchev–Trinajstić information content (AvgIpc) is 2.74. The molecule has 0 amide bonds. The van der Waals surface area contributed by atoms with E-state index in [1.165, 1.54) is 11.3 Å². The predicted molar refractivity (Wildman–Crippen MR) is 71.2 cm³/mol. The van der Waals surface area contributed by atoms with E-state index in [2.05, 4.69) is 4.98 Å². The first-order valence-electron chi connectivity index (χ1n) is 5.80. The minimum Gasteiger partial charge on any atom is -0.482 e. The molecular weight excluding hydrogens is 246 g/mol. The Labute approximate surface area is 109 Å². The number of carbonyl (C=O) groups excluding carboxylic acids is 1. The maximum atomic E-state index is 11.5. The number of ether oxygens (including phenoxy) is 1. The first kappa shape index (κ1) is 11.4. The lowest BCUT2D eigenvalue weighted by Gasteiger charge is -2.31. The van der Waals surface area contributed by atoms with Crippen LogP contribution < -0.4 is 4.74 Å². The SMILES string of the molecule is CC(=O)c1nc2c(s1)C(C)(C)Oc1ccccc1-2. The minimum absolute atomic E-state index is 0.00248. The van der Waals surface area contributed by atoms with Gasteiger partial charge < -0.3 is 4.74 Å². The molecule has 0 spiro atoms. The molecule has 0 unspecified atom stereocenters. The van der Waals surface area contributed by atoms with Crippen LogP contribution in [0.5, 0.6) is 5.75 Å². The second kappa shape index (κ2) is 3.65. The number of fused-ring (bicyclic) bond motifs is 3. The van der Waals surface area contributed by atoms with Crippen LogP contribution in [-0.4, -0.2) is 10.8 Å². The van der Waals surface area contributed by atoms with Gasteiger partial charge in [-0.3, -0.25) is 4.79 Å². The number of Topliss-reactive ketones (excluding diaryl/α,β-unsaturated/α-hetero) is 1. The third-order valence-corrected chi connectivity index (χ3v) is 4.44. The molecule has 0 saturated carbocycles. The molecule has 1 aromatic carbocycles. The van der Waals surface area contributed by atoms with E-state index in [9.17, 15) is 4.79 Å². The van der Waals surface area contributed by atoms with Crippen LogP contribution >= 0.6 is 11.3 Å². The van der Waals surface area contributed by atoms with Crippen molar-refractivity contribution in [2.75, 3.05) is 0 Å². The fourth-order valence-corrected chi connectivity index (χ4v) is 3.15. The fraction of sp³-hybridized carbons (Fsp3) is 0.286. The Balaban J connectivity index is 2.29. The van der Waals surface area contributed by atoms with Gasteiger partial charge in [0.15, 0.2) is 10.8 Å². The number of carbonyl (C=O) groups is 1. The summed E-state index contributed by atoms with van der Waals surface area (Å²) in [6.45, 7) is 5.55. The van der Waals surface area contributed by atoms with E-state index in [1.807, 2.05) is 38.1 Å². The van der Waals surface area contributed by atoms with Crippen LogP contribution in [0, 0.1) is 0 Å². The summed E-state index contributed by atoms with van der Waals surface area (Å²) in [4.78, 5) is 17.0. The molecule has 2 heterocycles. The van der Waals surface area contributed by atoms with Crippen molar-refractivity contribution in [2.45, 2.75) is 26.4 Å². The Morgan fingerprint density at radius 1 is 1.33 bits per heavy atom. The molecule has 0 N–H and O–H groups in total. The van der Waals surface area contributed by atoms with E-state index in [-0.39, 0.29) is 5.78 Å². The first-order chi connectivity index (χ1) is 8.49. The summed E-state index contributed by atoms with van der Waals surface area (Å²) >= 11 is 1.43. The number of nitrogens with zero attached hydrogens (tertiary/aromatic N) is 1. The quantitative estimate of drug-likeness (QED) is 0.734. The van der Waals surface area contributed by atoms with E-state index in [0.29, 0.717) is 5.01 Å². The Kier molecular flexibility index (Phi) is 2.32. The summed E-state index contributed by atoms with van der Waals surface area (Å²) in [5.41, 5.74) is 1.42. The van der Waals surface area contributed by atoms with Crippen LogP contribution in [0.25, 0.3) is 11.3 Å². The van der Waals surface area contributed by atoms with Gasteiger partial charge in [-0.1, -0.05) is 12.1 Å². The smallest absolute Gasteiger partial charge is 0.188 e. The number of benzene rings is 1. The lowest BCUT2D eigenvalue weighted by Crippen LogP contribution is -2.27. The lowest BCUT2D eigenvalue weighted by molar-refractivity contribution is 0.101. The van der Waals surface area contributed by atoms with Crippen LogP contribution in [-0.2, 0) is 5.60 Å². The molecule has 1 aromatic heterocycles. The molecule has 1 aliphatic rings. The molecule has 1 aliphatic heterocycles. The average molecular weight is 259 g/mol. The lowest BCUT2D eigenvalue weighted by atomic mass is 9.97. The van der Waals surface area contributed by atoms with Gasteiger partial charge in [-0.05, 0) is 26.0 Å². The number of thiazole rings is 1. The highest BCUT2D eigenvalue weighted by atomic mass is 32.1. The zero-order chi connectivity index (χ0) is 12.9. The zero-order valence-corrected chi connectivity index (χ0v) is 11.3. The molecule has 0 bridgehead atoms. The summed E-state index contributed by atoms with van der Waals surface area (Å²) in [5.74, 6) is 0.832. The molecule has 92 valence electrons. The number of hydrogen-bond donors (Lipinski definition) is 0. The normalized spacial score (nSPS) is 15.5. The number of aromatic nitrogens is 1. The highest BCUT2D eigenvalue weighted by molar-refractivity contribution is 7.14. The second-order valence-electron chi connectivity index (χ2n) is 4.86. The van der Waals surface area contributed by atoms with Crippen molar-refractivity contribution >= 4 is 17.1 Å². The zero-order valence-electron chi connectivity index (χ0n) is 10.5. The van der Waals surface area contributed by atoms with Gasteiger partial charge in [0.2, 0.25) is 0 Å². The Morgan fingerprint density at radius 2 is 2.06 bits per heavy atom. The standard InChI is InChI=1S/C14H13NO2S/c1-8(16)13-15-11-9-6-4-5-7-10(9)17-14(2,3)12(11)18-13/h4-7H,1-3H3. The third-order valence-electron chi connectivity index (χ3n) is 2.98. The summed E-state index contributed by atoms with van der Waals surface area (Å²) in [6.07, 6.45) is 0. The van der Waals surface area contributed by atoms with Crippen molar-refractivity contribution in [3.8, 4) is 17.0 Å². The molecule has 0 atom stereocenters. The van der Waals surface area contributed by atoms with Crippen LogP contribution in [0.1, 0.15) is 35.5 Å². The summed E-state index contributed by atoms with van der Waals surface area (Å²) < 4.78 is 6.00. The van der Waals surface area contributed by atoms with Gasteiger partial charge in [0, 0.05) is 12.5 Å². The maximum Gasteiger partial charge on any atom is 0.188 e.